The van der Waals surface area contributed by atoms with Crippen molar-refractivity contribution in [1.29, 1.82) is 0 Å². The molecule has 0 radical (unpaired) electrons. The van der Waals surface area contributed by atoms with Crippen molar-refractivity contribution in [3.63, 3.8) is 0 Å². The molecule has 1 aliphatic heterocycles. The van der Waals surface area contributed by atoms with E-state index in [1.807, 2.05) is 4.90 Å². The van der Waals surface area contributed by atoms with Gasteiger partial charge in [-0.1, -0.05) is 12.1 Å². The van der Waals surface area contributed by atoms with Gasteiger partial charge in [0.25, 0.3) is 5.56 Å². The molecule has 1 N–H and O–H groups in total. The van der Waals surface area contributed by atoms with Crippen LogP contribution in [0.1, 0.15) is 11.3 Å². The first-order chi connectivity index (χ1) is 11.6. The zero-order valence-corrected chi connectivity index (χ0v) is 13.2. The number of hydrogen-bond acceptors (Lipinski definition) is 4. The summed E-state index contributed by atoms with van der Waals surface area (Å²) in [5.41, 5.74) is 0.851. The molecule has 0 saturated carbocycles. The minimum Gasteiger partial charge on any atom is -0.380 e. The smallest absolute Gasteiger partial charge is 0.250 e. The van der Waals surface area contributed by atoms with Gasteiger partial charge in [0.05, 0.1) is 19.5 Å². The molecule has 7 heteroatoms. The molecule has 1 fully saturated rings. The average Bonchev–Trinajstić information content (AvgIpc) is 2.77. The van der Waals surface area contributed by atoms with Gasteiger partial charge in [0.15, 0.2) is 11.6 Å². The van der Waals surface area contributed by atoms with Crippen molar-refractivity contribution in [2.75, 3.05) is 26.3 Å². The van der Waals surface area contributed by atoms with Gasteiger partial charge in [-0.2, -0.15) is 0 Å². The number of aromatic nitrogens is 2. The van der Waals surface area contributed by atoms with Crippen molar-refractivity contribution in [2.45, 2.75) is 13.0 Å². The highest BCUT2D eigenvalue weighted by Gasteiger charge is 2.21. The van der Waals surface area contributed by atoms with E-state index >= 15 is 0 Å². The number of rotatable bonds is 4. The number of benzene rings is 1. The number of H-pyrrole nitrogens is 1. The summed E-state index contributed by atoms with van der Waals surface area (Å²) in [7, 11) is 0. The molecule has 0 amide bonds. The second-order valence-corrected chi connectivity index (χ2v) is 6.00. The van der Waals surface area contributed by atoms with Crippen LogP contribution in [0.4, 0.5) is 8.78 Å². The van der Waals surface area contributed by atoms with Crippen LogP contribution in [0, 0.1) is 17.6 Å². The first kappa shape index (κ1) is 16.7. The number of aromatic amines is 1. The van der Waals surface area contributed by atoms with E-state index in [1.54, 1.807) is 6.07 Å². The predicted molar refractivity (Wildman–Crippen MR) is 84.5 cm³/mol. The van der Waals surface area contributed by atoms with Gasteiger partial charge in [-0.3, -0.25) is 9.69 Å². The summed E-state index contributed by atoms with van der Waals surface area (Å²) in [5, 5.41) is 0. The lowest BCUT2D eigenvalue weighted by Gasteiger charge is -2.23. The Kier molecular flexibility index (Phi) is 5.32. The first-order valence-electron chi connectivity index (χ1n) is 7.88. The van der Waals surface area contributed by atoms with Crippen LogP contribution >= 0.6 is 0 Å². The Hall–Kier alpha value is -2.12. The van der Waals surface area contributed by atoms with Gasteiger partial charge in [0.2, 0.25) is 0 Å². The van der Waals surface area contributed by atoms with Crippen molar-refractivity contribution in [3.8, 4) is 0 Å². The van der Waals surface area contributed by atoms with Gasteiger partial charge in [-0.15, -0.1) is 0 Å². The van der Waals surface area contributed by atoms with Gasteiger partial charge in [-0.05, 0) is 12.5 Å². The molecule has 0 bridgehead atoms. The number of ether oxygens (including phenoxy) is 1. The minimum atomic E-state index is -0.831. The third-order valence-corrected chi connectivity index (χ3v) is 4.08. The summed E-state index contributed by atoms with van der Waals surface area (Å²) in [6, 6.07) is 5.70. The monoisotopic (exact) mass is 335 g/mol. The summed E-state index contributed by atoms with van der Waals surface area (Å²) < 4.78 is 32.8. The Morgan fingerprint density at radius 1 is 1.38 bits per heavy atom. The zero-order valence-electron chi connectivity index (χ0n) is 13.2. The number of nitrogens with one attached hydrogen (secondary N) is 1. The van der Waals surface area contributed by atoms with E-state index in [4.69, 9.17) is 4.74 Å². The first-order valence-corrected chi connectivity index (χ1v) is 7.88. The largest absolute Gasteiger partial charge is 0.380 e. The molecule has 1 saturated heterocycles. The van der Waals surface area contributed by atoms with Crippen molar-refractivity contribution in [2.24, 2.45) is 5.92 Å². The molecule has 5 nitrogen and oxygen atoms in total. The third-order valence-electron chi connectivity index (χ3n) is 4.08. The van der Waals surface area contributed by atoms with E-state index < -0.39 is 11.6 Å². The second kappa shape index (κ2) is 7.63. The van der Waals surface area contributed by atoms with Crippen LogP contribution in [0.15, 0.2) is 35.4 Å². The lowest BCUT2D eigenvalue weighted by molar-refractivity contribution is 0.121. The minimum absolute atomic E-state index is 0.137. The molecule has 1 aromatic heterocycles. The standard InChI is InChI=1S/C17H19F2N3O2/c18-15-3-1-2-13(17(15)19)9-22-4-5-24-10-12(8-22)6-14-7-16(23)21-11-20-14/h1-3,7,11-12H,4-6,8-10H2,(H,20,21,23)/t12-/m1/s1. The van der Waals surface area contributed by atoms with Crippen molar-refractivity contribution in [3.05, 3.63) is 63.8 Å². The zero-order chi connectivity index (χ0) is 16.9. The van der Waals surface area contributed by atoms with Crippen LogP contribution in [-0.2, 0) is 17.7 Å². The van der Waals surface area contributed by atoms with Gasteiger partial charge in [-0.25, -0.2) is 13.8 Å². The van der Waals surface area contributed by atoms with E-state index in [0.717, 1.165) is 6.07 Å². The maximum Gasteiger partial charge on any atom is 0.250 e. The molecular formula is C17H19F2N3O2. The van der Waals surface area contributed by atoms with E-state index in [-0.39, 0.29) is 11.5 Å². The highest BCUT2D eigenvalue weighted by molar-refractivity contribution is 5.18. The van der Waals surface area contributed by atoms with Crippen LogP contribution in [0.3, 0.4) is 0 Å². The Morgan fingerprint density at radius 3 is 3.08 bits per heavy atom. The molecule has 1 aromatic carbocycles. The summed E-state index contributed by atoms with van der Waals surface area (Å²) in [4.78, 5) is 20.1. The Morgan fingerprint density at radius 2 is 2.25 bits per heavy atom. The third kappa shape index (κ3) is 4.24. The van der Waals surface area contributed by atoms with Crippen molar-refractivity contribution in [1.82, 2.24) is 14.9 Å². The Labute approximate surface area is 138 Å². The number of nitrogens with zero attached hydrogens (tertiary/aromatic N) is 2. The van der Waals surface area contributed by atoms with Gasteiger partial charge < -0.3 is 9.72 Å². The van der Waals surface area contributed by atoms with Crippen LogP contribution in [0.25, 0.3) is 0 Å². The fourth-order valence-electron chi connectivity index (χ4n) is 2.95. The van der Waals surface area contributed by atoms with Crippen molar-refractivity contribution < 1.29 is 13.5 Å². The van der Waals surface area contributed by atoms with Gasteiger partial charge >= 0.3 is 0 Å². The normalized spacial score (nSPS) is 19.2. The van der Waals surface area contributed by atoms with Crippen LogP contribution < -0.4 is 5.56 Å². The molecule has 1 aliphatic rings. The summed E-state index contributed by atoms with van der Waals surface area (Å²) >= 11 is 0. The quantitative estimate of drug-likeness (QED) is 0.925. The summed E-state index contributed by atoms with van der Waals surface area (Å²) in [5.74, 6) is -1.49. The number of halogens is 2. The maximum atomic E-state index is 13.9. The highest BCUT2D eigenvalue weighted by atomic mass is 19.2. The van der Waals surface area contributed by atoms with Crippen molar-refractivity contribution >= 4 is 0 Å². The molecule has 2 heterocycles. The molecule has 2 aromatic rings. The summed E-state index contributed by atoms with van der Waals surface area (Å²) in [6.45, 7) is 2.73. The maximum absolute atomic E-state index is 13.9. The number of hydrogen-bond donors (Lipinski definition) is 1. The van der Waals surface area contributed by atoms with Gasteiger partial charge in [0, 0.05) is 42.9 Å². The molecule has 0 unspecified atom stereocenters. The summed E-state index contributed by atoms with van der Waals surface area (Å²) in [6.07, 6.45) is 1.99. The highest BCUT2D eigenvalue weighted by Crippen LogP contribution is 2.17. The Balaban J connectivity index is 1.68. The van der Waals surface area contributed by atoms with E-state index in [2.05, 4.69) is 9.97 Å². The van der Waals surface area contributed by atoms with E-state index in [9.17, 15) is 13.6 Å². The Bertz CT molecular complexity index is 751. The molecule has 0 spiro atoms. The molecule has 1 atom stereocenters. The molecule has 128 valence electrons. The fraction of sp³-hybridized carbons (Fsp3) is 0.412. The average molecular weight is 335 g/mol. The van der Waals surface area contributed by atoms with Crippen LogP contribution in [0.5, 0.6) is 0 Å². The van der Waals surface area contributed by atoms with E-state index in [1.165, 1.54) is 18.5 Å². The van der Waals surface area contributed by atoms with Crippen LogP contribution in [0.2, 0.25) is 0 Å². The molecule has 0 aliphatic carbocycles. The second-order valence-electron chi connectivity index (χ2n) is 6.00. The predicted octanol–water partition coefficient (Wildman–Crippen LogP) is 1.74. The molecule has 24 heavy (non-hydrogen) atoms. The van der Waals surface area contributed by atoms with E-state index in [0.29, 0.717) is 50.5 Å². The SMILES string of the molecule is O=c1cc(C[C@H]2COCCN(Cc3cccc(F)c3F)C2)nc[nH]1. The fourth-order valence-corrected chi connectivity index (χ4v) is 2.95. The molecular weight excluding hydrogens is 316 g/mol. The van der Waals surface area contributed by atoms with Crippen LogP contribution in [-0.4, -0.2) is 41.2 Å². The lowest BCUT2D eigenvalue weighted by Crippen LogP contribution is -2.31. The molecule has 3 rings (SSSR count). The van der Waals surface area contributed by atoms with Gasteiger partial charge in [0.1, 0.15) is 0 Å². The topological polar surface area (TPSA) is 58.2 Å². The lowest BCUT2D eigenvalue weighted by atomic mass is 10.0.